The molecule has 2 aromatic carbocycles. The number of halogens is 1. The number of methoxy groups -OCH3 is 1. The van der Waals surface area contributed by atoms with Gasteiger partial charge in [-0.15, -0.1) is 0 Å². The van der Waals surface area contributed by atoms with Gasteiger partial charge in [0.1, 0.15) is 5.82 Å². The number of carbonyl (C=O) groups is 1. The van der Waals surface area contributed by atoms with E-state index in [9.17, 15) is 9.90 Å². The van der Waals surface area contributed by atoms with E-state index in [1.807, 2.05) is 42.2 Å². The number of aryl methyl sites for hydroxylation is 2. The predicted molar refractivity (Wildman–Crippen MR) is 176 cm³/mol. The number of carbonyl (C=O) groups excluding carboxylic acids is 1. The number of nitrogens with zero attached hydrogens (tertiary/aromatic N) is 4. The summed E-state index contributed by atoms with van der Waals surface area (Å²) in [5.74, 6) is 0.458. The number of aliphatic hydroxyl groups excluding tert-OH is 1. The topological polar surface area (TPSA) is 119 Å². The summed E-state index contributed by atoms with van der Waals surface area (Å²) in [6.45, 7) is 6.53. The van der Waals surface area contributed by atoms with Crippen molar-refractivity contribution in [3.05, 3.63) is 77.5 Å². The van der Waals surface area contributed by atoms with Crippen LogP contribution in [0.25, 0.3) is 22.0 Å². The zero-order valence-electron chi connectivity index (χ0n) is 26.5. The third-order valence-electron chi connectivity index (χ3n) is 8.75. The van der Waals surface area contributed by atoms with Crippen LogP contribution in [0.4, 0.5) is 10.3 Å². The number of hydrogen-bond acceptors (Lipinski definition) is 7. The van der Waals surface area contributed by atoms with Crippen molar-refractivity contribution in [1.82, 2.24) is 19.4 Å². The third-order valence-corrected chi connectivity index (χ3v) is 8.75. The molecule has 3 heterocycles. The normalized spacial score (nSPS) is 16.6. The zero-order chi connectivity index (χ0) is 31.9. The molecular formula is C35H45FN6O3. The molecule has 1 fully saturated rings. The first-order valence-corrected chi connectivity index (χ1v) is 15.9. The number of piperidine rings is 1. The highest BCUT2D eigenvalue weighted by Gasteiger charge is 2.30. The van der Waals surface area contributed by atoms with Crippen LogP contribution in [0.2, 0.25) is 0 Å². The van der Waals surface area contributed by atoms with Crippen molar-refractivity contribution in [3.63, 3.8) is 0 Å². The summed E-state index contributed by atoms with van der Waals surface area (Å²) in [6, 6.07) is 12.9. The monoisotopic (exact) mass is 616 g/mol. The average Bonchev–Trinajstić information content (AvgIpc) is 3.34. The van der Waals surface area contributed by atoms with E-state index in [1.54, 1.807) is 25.6 Å². The number of aromatic nitrogens is 3. The molecule has 1 aliphatic rings. The molecule has 0 aliphatic carbocycles. The third kappa shape index (κ3) is 7.69. The van der Waals surface area contributed by atoms with E-state index in [-0.39, 0.29) is 42.8 Å². The number of anilines is 1. The predicted octanol–water partition coefficient (Wildman–Crippen LogP) is 5.04. The molecule has 2 aromatic heterocycles. The van der Waals surface area contributed by atoms with Gasteiger partial charge in [-0.2, -0.15) is 0 Å². The highest BCUT2D eigenvalue weighted by molar-refractivity contribution is 5.86. The number of benzene rings is 2. The van der Waals surface area contributed by atoms with Crippen molar-refractivity contribution in [3.8, 4) is 11.1 Å². The number of para-hydroxylation sites is 1. The van der Waals surface area contributed by atoms with Gasteiger partial charge in [-0.25, -0.2) is 14.4 Å². The van der Waals surface area contributed by atoms with Crippen LogP contribution >= 0.6 is 0 Å². The highest BCUT2D eigenvalue weighted by atomic mass is 19.1. The fraction of sp³-hybridized carbons (Fsp3) is 0.457. The number of ether oxygens (including phenoxy) is 1. The van der Waals surface area contributed by atoms with Crippen molar-refractivity contribution in [2.75, 3.05) is 38.7 Å². The van der Waals surface area contributed by atoms with Gasteiger partial charge in [0.2, 0.25) is 11.9 Å². The SMILES string of the molecule is COCCCn1c(C2CCCN(C(=O)C[C@H](N)Cc3ccc(-c4cnc(NC(C)CO)nc4)cc3)C2)c(C)c2cccc(F)c21. The smallest absolute Gasteiger partial charge is 0.224 e. The largest absolute Gasteiger partial charge is 0.394 e. The molecule has 10 heteroatoms. The molecule has 9 nitrogen and oxygen atoms in total. The maximum Gasteiger partial charge on any atom is 0.224 e. The van der Waals surface area contributed by atoms with Crippen LogP contribution in [-0.4, -0.2) is 75.9 Å². The molecule has 0 bridgehead atoms. The van der Waals surface area contributed by atoms with Crippen molar-refractivity contribution in [1.29, 1.82) is 0 Å². The Kier molecular flexibility index (Phi) is 10.8. The second-order valence-electron chi connectivity index (χ2n) is 12.2. The van der Waals surface area contributed by atoms with Crippen LogP contribution < -0.4 is 11.1 Å². The molecule has 1 saturated heterocycles. The number of fused-ring (bicyclic) bond motifs is 1. The van der Waals surface area contributed by atoms with Crippen molar-refractivity contribution in [2.45, 2.75) is 70.5 Å². The van der Waals surface area contributed by atoms with Gasteiger partial charge < -0.3 is 30.4 Å². The number of hydrogen-bond donors (Lipinski definition) is 3. The van der Waals surface area contributed by atoms with Gasteiger partial charge >= 0.3 is 0 Å². The lowest BCUT2D eigenvalue weighted by molar-refractivity contribution is -0.132. The van der Waals surface area contributed by atoms with E-state index >= 15 is 4.39 Å². The number of aliphatic hydroxyl groups is 1. The van der Waals surface area contributed by atoms with Gasteiger partial charge in [-0.05, 0) is 62.3 Å². The summed E-state index contributed by atoms with van der Waals surface area (Å²) in [7, 11) is 1.68. The van der Waals surface area contributed by atoms with Gasteiger partial charge in [-0.1, -0.05) is 36.4 Å². The Morgan fingerprint density at radius 3 is 2.64 bits per heavy atom. The van der Waals surface area contributed by atoms with Crippen LogP contribution in [0.1, 0.15) is 55.3 Å². The lowest BCUT2D eigenvalue weighted by atomic mass is 9.91. The number of amides is 1. The first-order valence-electron chi connectivity index (χ1n) is 15.9. The summed E-state index contributed by atoms with van der Waals surface area (Å²) in [6.07, 6.45) is 7.01. The number of rotatable bonds is 13. The zero-order valence-corrected chi connectivity index (χ0v) is 26.5. The van der Waals surface area contributed by atoms with Crippen molar-refractivity contribution < 1.29 is 19.0 Å². The van der Waals surface area contributed by atoms with Crippen LogP contribution in [0.15, 0.2) is 54.9 Å². The molecule has 45 heavy (non-hydrogen) atoms. The average molecular weight is 617 g/mol. The van der Waals surface area contributed by atoms with Crippen LogP contribution in [-0.2, 0) is 22.5 Å². The molecule has 5 rings (SSSR count). The Bertz CT molecular complexity index is 1570. The lowest BCUT2D eigenvalue weighted by Gasteiger charge is -2.34. The Balaban J connectivity index is 1.21. The van der Waals surface area contributed by atoms with Crippen LogP contribution in [0.5, 0.6) is 0 Å². The summed E-state index contributed by atoms with van der Waals surface area (Å²) >= 11 is 0. The molecule has 240 valence electrons. The van der Waals surface area contributed by atoms with Gasteiger partial charge in [0, 0.05) is 86.8 Å². The second kappa shape index (κ2) is 14.9. The van der Waals surface area contributed by atoms with Gasteiger partial charge in [0.25, 0.3) is 0 Å². The summed E-state index contributed by atoms with van der Waals surface area (Å²) in [5.41, 5.74) is 12.3. The van der Waals surface area contributed by atoms with Gasteiger partial charge in [-0.3, -0.25) is 4.79 Å². The Labute approximate surface area is 264 Å². The summed E-state index contributed by atoms with van der Waals surface area (Å²) < 4.78 is 22.5. The maximum atomic E-state index is 15.1. The summed E-state index contributed by atoms with van der Waals surface area (Å²) in [4.78, 5) is 24.1. The van der Waals surface area contributed by atoms with E-state index in [0.717, 1.165) is 52.6 Å². The Morgan fingerprint density at radius 2 is 1.93 bits per heavy atom. The van der Waals surface area contributed by atoms with Gasteiger partial charge in [0.15, 0.2) is 0 Å². The minimum absolute atomic E-state index is 0.00280. The highest BCUT2D eigenvalue weighted by Crippen LogP contribution is 2.37. The van der Waals surface area contributed by atoms with E-state index in [4.69, 9.17) is 10.5 Å². The minimum Gasteiger partial charge on any atom is -0.394 e. The van der Waals surface area contributed by atoms with E-state index < -0.39 is 0 Å². The van der Waals surface area contributed by atoms with E-state index in [1.165, 1.54) is 6.07 Å². The second-order valence-corrected chi connectivity index (χ2v) is 12.2. The molecule has 2 unspecified atom stereocenters. The van der Waals surface area contributed by atoms with Gasteiger partial charge in [0.05, 0.1) is 12.1 Å². The molecule has 1 aliphatic heterocycles. The van der Waals surface area contributed by atoms with E-state index in [2.05, 4.69) is 26.8 Å². The minimum atomic E-state index is -0.303. The Morgan fingerprint density at radius 1 is 1.18 bits per heavy atom. The first-order chi connectivity index (χ1) is 21.8. The Hall–Kier alpha value is -3.86. The molecule has 3 atom stereocenters. The molecule has 0 spiro atoms. The number of nitrogens with one attached hydrogen (secondary N) is 1. The van der Waals surface area contributed by atoms with E-state index in [0.29, 0.717) is 44.1 Å². The number of nitrogens with two attached hydrogens (primary N) is 1. The fourth-order valence-electron chi connectivity index (χ4n) is 6.49. The van der Waals surface area contributed by atoms with Crippen molar-refractivity contribution in [2.24, 2.45) is 5.73 Å². The number of likely N-dealkylation sites (tertiary alicyclic amines) is 1. The molecule has 4 aromatic rings. The van der Waals surface area contributed by atoms with Crippen LogP contribution in [0.3, 0.4) is 0 Å². The molecule has 0 radical (unpaired) electrons. The molecule has 4 N–H and O–H groups in total. The van der Waals surface area contributed by atoms with Crippen molar-refractivity contribution >= 4 is 22.8 Å². The fourth-order valence-corrected chi connectivity index (χ4v) is 6.49. The molecule has 0 saturated carbocycles. The standard InChI is InChI=1S/C35H45FN6O3/c1-23(22-43)40-35-38-19-28(20-39-35)26-12-10-25(11-13-26)17-29(37)18-32(44)41-14-5-7-27(21-41)33-24(2)30-8-4-9-31(36)34(30)42(33)15-6-16-45-3/h4,8-13,19-20,23,27,29,43H,5-7,14-18,21-22,37H2,1-3H3,(H,38,39,40)/t23?,27?,29-/m1/s1. The summed E-state index contributed by atoms with van der Waals surface area (Å²) in [5, 5.41) is 13.2. The lowest BCUT2D eigenvalue weighted by Crippen LogP contribution is -2.42. The van der Waals surface area contributed by atoms with Crippen LogP contribution in [0, 0.1) is 12.7 Å². The quantitative estimate of drug-likeness (QED) is 0.180. The molecule has 1 amide bonds. The maximum absolute atomic E-state index is 15.1. The molecular weight excluding hydrogens is 571 g/mol. The first kappa shape index (κ1) is 32.5.